The molecule has 0 saturated carbocycles. The fourth-order valence-corrected chi connectivity index (χ4v) is 3.22. The van der Waals surface area contributed by atoms with E-state index < -0.39 is 28.3 Å². The van der Waals surface area contributed by atoms with Crippen LogP contribution in [0.4, 0.5) is 24.5 Å². The number of benzene rings is 2. The molecule has 3 aromatic rings. The van der Waals surface area contributed by atoms with Crippen molar-refractivity contribution in [2.75, 3.05) is 19.6 Å². The van der Waals surface area contributed by atoms with Crippen LogP contribution in [-0.2, 0) is 17.5 Å². The van der Waals surface area contributed by atoms with Gasteiger partial charge >= 0.3 is 6.18 Å². The molecule has 0 aliphatic rings. The molecule has 35 heavy (non-hydrogen) atoms. The lowest BCUT2D eigenvalue weighted by atomic mass is 10.1. The fraction of sp³-hybridized carbons (Fsp3) is 0.286. The smallest absolute Gasteiger partial charge is 0.416 e. The van der Waals surface area contributed by atoms with Gasteiger partial charge in [0.05, 0.1) is 41.9 Å². The monoisotopic (exact) mass is 495 g/mol. The number of nitro groups is 1. The van der Waals surface area contributed by atoms with Crippen LogP contribution < -0.4 is 25.9 Å². The second-order valence-electron chi connectivity index (χ2n) is 7.23. The van der Waals surface area contributed by atoms with Gasteiger partial charge in [0.2, 0.25) is 5.91 Å². The maximum atomic E-state index is 12.8. The molecule has 186 valence electrons. The number of aryl methyl sites for hydroxylation is 1. The van der Waals surface area contributed by atoms with Crippen LogP contribution in [0.2, 0.25) is 0 Å². The Kier molecular flexibility index (Phi) is 7.42. The number of amides is 1. The number of alkyl halides is 3. The van der Waals surface area contributed by atoms with Crippen LogP contribution in [0, 0.1) is 10.1 Å². The van der Waals surface area contributed by atoms with Crippen molar-refractivity contribution in [2.24, 2.45) is 0 Å². The summed E-state index contributed by atoms with van der Waals surface area (Å²) in [4.78, 5) is 39.2. The van der Waals surface area contributed by atoms with Gasteiger partial charge < -0.3 is 9.47 Å². The van der Waals surface area contributed by atoms with Crippen molar-refractivity contribution >= 4 is 28.2 Å². The molecule has 0 aliphatic carbocycles. The van der Waals surface area contributed by atoms with Gasteiger partial charge in [-0.3, -0.25) is 35.1 Å². The SMILES string of the molecule is COc1cc2ncn(CCCC(=O)NNc3ccc(C(F)(F)F)cc3[N+](=O)[O-])c(=O)c2cc1OC. The summed E-state index contributed by atoms with van der Waals surface area (Å²) >= 11 is 0. The number of hydrogen-bond donors (Lipinski definition) is 2. The Labute approximate surface area is 195 Å². The molecule has 14 heteroatoms. The third-order valence-electron chi connectivity index (χ3n) is 4.99. The number of methoxy groups -OCH3 is 2. The predicted octanol–water partition coefficient (Wildman–Crippen LogP) is 3.26. The number of ether oxygens (including phenoxy) is 2. The number of carbonyl (C=O) groups is 1. The van der Waals surface area contributed by atoms with Gasteiger partial charge in [-0.2, -0.15) is 13.2 Å². The Morgan fingerprint density at radius 2 is 1.86 bits per heavy atom. The normalized spacial score (nSPS) is 11.2. The third kappa shape index (κ3) is 5.77. The van der Waals surface area contributed by atoms with Crippen LogP contribution >= 0.6 is 0 Å². The zero-order valence-electron chi connectivity index (χ0n) is 18.5. The van der Waals surface area contributed by atoms with Crippen LogP contribution in [0.5, 0.6) is 11.5 Å². The van der Waals surface area contributed by atoms with Crippen LogP contribution in [0.25, 0.3) is 10.9 Å². The van der Waals surface area contributed by atoms with Gasteiger partial charge in [0.1, 0.15) is 5.69 Å². The Morgan fingerprint density at radius 1 is 1.17 bits per heavy atom. The number of anilines is 1. The first-order valence-electron chi connectivity index (χ1n) is 10.1. The lowest BCUT2D eigenvalue weighted by Crippen LogP contribution is -2.30. The van der Waals surface area contributed by atoms with E-state index in [4.69, 9.17) is 9.47 Å². The van der Waals surface area contributed by atoms with Crippen molar-refractivity contribution in [3.63, 3.8) is 0 Å². The molecule has 11 nitrogen and oxygen atoms in total. The van der Waals surface area contributed by atoms with Crippen molar-refractivity contribution in [1.29, 1.82) is 0 Å². The highest BCUT2D eigenvalue weighted by atomic mass is 19.4. The van der Waals surface area contributed by atoms with Crippen molar-refractivity contribution in [1.82, 2.24) is 15.0 Å². The zero-order valence-corrected chi connectivity index (χ0v) is 18.5. The molecule has 0 saturated heterocycles. The number of nitrogens with one attached hydrogen (secondary N) is 2. The first-order valence-corrected chi connectivity index (χ1v) is 10.1. The summed E-state index contributed by atoms with van der Waals surface area (Å²) in [5.74, 6) is 0.189. The number of hydrazine groups is 1. The minimum atomic E-state index is -4.75. The van der Waals surface area contributed by atoms with Gasteiger partial charge in [-0.1, -0.05) is 0 Å². The lowest BCUT2D eigenvalue weighted by molar-refractivity contribution is -0.384. The number of fused-ring (bicyclic) bond motifs is 1. The largest absolute Gasteiger partial charge is 0.493 e. The van der Waals surface area contributed by atoms with E-state index in [0.29, 0.717) is 34.5 Å². The Bertz CT molecular complexity index is 1330. The molecule has 1 amide bonds. The quantitative estimate of drug-likeness (QED) is 0.341. The first kappa shape index (κ1) is 25.3. The van der Waals surface area contributed by atoms with Gasteiger partial charge in [-0.25, -0.2) is 4.98 Å². The molecule has 0 fully saturated rings. The van der Waals surface area contributed by atoms with Crippen LogP contribution in [0.15, 0.2) is 41.5 Å². The highest BCUT2D eigenvalue weighted by Crippen LogP contribution is 2.34. The van der Waals surface area contributed by atoms with E-state index in [1.165, 1.54) is 31.2 Å². The molecule has 0 aliphatic heterocycles. The summed E-state index contributed by atoms with van der Waals surface area (Å²) in [6.07, 6.45) is -3.29. The van der Waals surface area contributed by atoms with Crippen LogP contribution in [0.1, 0.15) is 18.4 Å². The predicted molar refractivity (Wildman–Crippen MR) is 118 cm³/mol. The number of nitro benzene ring substituents is 1. The van der Waals surface area contributed by atoms with Crippen LogP contribution in [-0.4, -0.2) is 34.6 Å². The number of nitrogens with zero attached hydrogens (tertiary/aromatic N) is 3. The van der Waals surface area contributed by atoms with Crippen molar-refractivity contribution < 1.29 is 32.4 Å². The maximum absolute atomic E-state index is 12.8. The highest BCUT2D eigenvalue weighted by molar-refractivity contribution is 5.81. The van der Waals surface area contributed by atoms with Crippen LogP contribution in [0.3, 0.4) is 0 Å². The van der Waals surface area contributed by atoms with E-state index in [2.05, 4.69) is 15.8 Å². The Hall–Kier alpha value is -4.36. The van der Waals surface area contributed by atoms with E-state index >= 15 is 0 Å². The standard InChI is InChI=1S/C21H20F3N5O6/c1-34-17-9-13-15(10-18(17)35-2)25-11-28(20(13)31)7-3-4-19(30)27-26-14-6-5-12(21(22,23)24)8-16(14)29(32)33/h5-6,8-11,26H,3-4,7H2,1-2H3,(H,27,30). The molecular formula is C21H20F3N5O6. The molecule has 2 aromatic carbocycles. The number of halogens is 3. The van der Waals surface area contributed by atoms with E-state index in [1.54, 1.807) is 6.07 Å². The van der Waals surface area contributed by atoms with Gasteiger partial charge in [-0.05, 0) is 24.6 Å². The highest BCUT2D eigenvalue weighted by Gasteiger charge is 2.33. The van der Waals surface area contributed by atoms with E-state index in [1.807, 2.05) is 0 Å². The summed E-state index contributed by atoms with van der Waals surface area (Å²) in [5.41, 5.74) is 2.18. The third-order valence-corrected chi connectivity index (χ3v) is 4.99. The molecule has 1 heterocycles. The number of hydrogen-bond acceptors (Lipinski definition) is 8. The van der Waals surface area contributed by atoms with Gasteiger partial charge in [0, 0.05) is 25.1 Å². The van der Waals surface area contributed by atoms with Crippen molar-refractivity contribution in [3.8, 4) is 11.5 Å². The first-order chi connectivity index (χ1) is 16.5. The fourth-order valence-electron chi connectivity index (χ4n) is 3.22. The van der Waals surface area contributed by atoms with Gasteiger partial charge in [-0.15, -0.1) is 0 Å². The van der Waals surface area contributed by atoms with E-state index in [0.717, 1.165) is 6.07 Å². The molecular weight excluding hydrogens is 475 g/mol. The summed E-state index contributed by atoms with van der Waals surface area (Å²) in [6.45, 7) is 0.143. The summed E-state index contributed by atoms with van der Waals surface area (Å²) < 4.78 is 50.1. The van der Waals surface area contributed by atoms with E-state index in [-0.39, 0.29) is 30.6 Å². The molecule has 0 spiro atoms. The Balaban J connectivity index is 1.62. The minimum Gasteiger partial charge on any atom is -0.493 e. The molecule has 0 radical (unpaired) electrons. The second-order valence-corrected chi connectivity index (χ2v) is 7.23. The average Bonchev–Trinajstić information content (AvgIpc) is 2.82. The molecule has 2 N–H and O–H groups in total. The molecule has 0 bridgehead atoms. The molecule has 0 atom stereocenters. The lowest BCUT2D eigenvalue weighted by Gasteiger charge is -2.12. The average molecular weight is 495 g/mol. The summed E-state index contributed by atoms with van der Waals surface area (Å²) in [6, 6.07) is 4.96. The number of carbonyl (C=O) groups excluding carboxylic acids is 1. The number of rotatable bonds is 9. The second kappa shape index (κ2) is 10.3. The zero-order chi connectivity index (χ0) is 25.8. The summed E-state index contributed by atoms with van der Waals surface area (Å²) in [7, 11) is 2.89. The molecule has 1 aromatic heterocycles. The minimum absolute atomic E-state index is 0.0855. The molecule has 3 rings (SSSR count). The van der Waals surface area contributed by atoms with Gasteiger partial charge in [0.15, 0.2) is 11.5 Å². The van der Waals surface area contributed by atoms with Crippen molar-refractivity contribution in [3.05, 3.63) is 62.7 Å². The Morgan fingerprint density at radius 3 is 2.49 bits per heavy atom. The van der Waals surface area contributed by atoms with E-state index in [9.17, 15) is 32.9 Å². The maximum Gasteiger partial charge on any atom is 0.416 e. The summed E-state index contributed by atoms with van der Waals surface area (Å²) in [5, 5.41) is 11.4. The van der Waals surface area contributed by atoms with Crippen molar-refractivity contribution in [2.45, 2.75) is 25.6 Å². The number of aromatic nitrogens is 2. The van der Waals surface area contributed by atoms with Gasteiger partial charge in [0.25, 0.3) is 11.2 Å². The topological polar surface area (TPSA) is 138 Å². The molecule has 0 unspecified atom stereocenters.